The third kappa shape index (κ3) is 5.70. The molecule has 0 aliphatic carbocycles. The second-order valence-electron chi connectivity index (χ2n) is 8.06. The molecule has 9 heteroatoms. The molecule has 0 unspecified atom stereocenters. The minimum Gasteiger partial charge on any atom is -0.496 e. The average Bonchev–Trinajstić information content (AvgIpc) is 2.90. The van der Waals surface area contributed by atoms with Crippen LogP contribution in [0.15, 0.2) is 77.7 Å². The van der Waals surface area contributed by atoms with E-state index in [-0.39, 0.29) is 22.1 Å². The Morgan fingerprint density at radius 2 is 1.60 bits per heavy atom. The molecule has 0 aromatic heterocycles. The Morgan fingerprint density at radius 1 is 0.886 bits per heavy atom. The van der Waals surface area contributed by atoms with E-state index >= 15 is 0 Å². The number of carbonyl (C=O) groups excluding carboxylic acids is 2. The lowest BCUT2D eigenvalue weighted by Crippen LogP contribution is -2.35. The Morgan fingerprint density at radius 3 is 2.31 bits per heavy atom. The van der Waals surface area contributed by atoms with E-state index in [0.29, 0.717) is 30.1 Å². The number of hydrogen-bond acceptors (Lipinski definition) is 6. The first kappa shape index (κ1) is 24.4. The molecule has 1 aliphatic heterocycles. The van der Waals surface area contributed by atoms with Crippen LogP contribution in [0.25, 0.3) is 0 Å². The molecule has 1 heterocycles. The second kappa shape index (κ2) is 10.7. The number of amides is 1. The highest BCUT2D eigenvalue weighted by Crippen LogP contribution is 2.24. The SMILES string of the molecule is COc1ccccc1C(=O)Nc1ccc(OC(=O)c2cccc(S(=O)(=O)N3CCCCC3)c2)cc1. The summed E-state index contributed by atoms with van der Waals surface area (Å²) in [7, 11) is -2.17. The molecule has 0 radical (unpaired) electrons. The smallest absolute Gasteiger partial charge is 0.343 e. The molecule has 182 valence electrons. The van der Waals surface area contributed by atoms with Crippen molar-refractivity contribution in [2.24, 2.45) is 0 Å². The molecule has 1 amide bonds. The zero-order valence-electron chi connectivity index (χ0n) is 19.3. The maximum atomic E-state index is 12.9. The Labute approximate surface area is 204 Å². The van der Waals surface area contributed by atoms with Crippen LogP contribution >= 0.6 is 0 Å². The number of anilines is 1. The molecular formula is C26H26N2O6S. The molecule has 1 saturated heterocycles. The van der Waals surface area contributed by atoms with Crippen molar-refractivity contribution in [3.8, 4) is 11.5 Å². The number of benzene rings is 3. The van der Waals surface area contributed by atoms with Crippen LogP contribution in [0.4, 0.5) is 5.69 Å². The summed E-state index contributed by atoms with van der Waals surface area (Å²) in [5.41, 5.74) is 1.04. The van der Waals surface area contributed by atoms with Crippen LogP contribution in [0.5, 0.6) is 11.5 Å². The lowest BCUT2D eigenvalue weighted by atomic mass is 10.2. The van der Waals surface area contributed by atoms with Crippen molar-refractivity contribution in [3.05, 3.63) is 83.9 Å². The number of nitrogens with zero attached hydrogens (tertiary/aromatic N) is 1. The first-order chi connectivity index (χ1) is 16.9. The number of para-hydroxylation sites is 1. The molecule has 1 N–H and O–H groups in total. The van der Waals surface area contributed by atoms with E-state index in [1.807, 2.05) is 0 Å². The Hall–Kier alpha value is -3.69. The Bertz CT molecular complexity index is 1320. The third-order valence-corrected chi connectivity index (χ3v) is 7.59. The van der Waals surface area contributed by atoms with Gasteiger partial charge in [0.1, 0.15) is 11.5 Å². The summed E-state index contributed by atoms with van der Waals surface area (Å²) >= 11 is 0. The topological polar surface area (TPSA) is 102 Å². The van der Waals surface area contributed by atoms with E-state index in [1.165, 1.54) is 35.7 Å². The summed E-state index contributed by atoms with van der Waals surface area (Å²) < 4.78 is 37.9. The zero-order valence-corrected chi connectivity index (χ0v) is 20.1. The number of esters is 1. The number of ether oxygens (including phenoxy) is 2. The number of nitrogens with one attached hydrogen (secondary N) is 1. The van der Waals surface area contributed by atoms with Gasteiger partial charge in [0.15, 0.2) is 0 Å². The van der Waals surface area contributed by atoms with Crippen molar-refractivity contribution in [1.29, 1.82) is 0 Å². The number of carbonyl (C=O) groups is 2. The number of piperidine rings is 1. The second-order valence-corrected chi connectivity index (χ2v) is 10.00. The average molecular weight is 495 g/mol. The fraction of sp³-hybridized carbons (Fsp3) is 0.231. The van der Waals surface area contributed by atoms with Crippen molar-refractivity contribution in [2.75, 3.05) is 25.5 Å². The van der Waals surface area contributed by atoms with Crippen LogP contribution in [0, 0.1) is 0 Å². The van der Waals surface area contributed by atoms with E-state index in [2.05, 4.69) is 5.32 Å². The lowest BCUT2D eigenvalue weighted by molar-refractivity contribution is 0.0734. The molecule has 0 spiro atoms. The van der Waals surface area contributed by atoms with E-state index in [9.17, 15) is 18.0 Å². The van der Waals surface area contributed by atoms with Crippen LogP contribution in [-0.4, -0.2) is 44.8 Å². The molecule has 0 bridgehead atoms. The van der Waals surface area contributed by atoms with Gasteiger partial charge in [0, 0.05) is 18.8 Å². The van der Waals surface area contributed by atoms with E-state index < -0.39 is 16.0 Å². The van der Waals surface area contributed by atoms with Crippen molar-refractivity contribution in [2.45, 2.75) is 24.2 Å². The Kier molecular flexibility index (Phi) is 7.48. The highest BCUT2D eigenvalue weighted by molar-refractivity contribution is 7.89. The molecule has 4 rings (SSSR count). The van der Waals surface area contributed by atoms with Crippen molar-refractivity contribution in [3.63, 3.8) is 0 Å². The zero-order chi connectivity index (χ0) is 24.8. The molecule has 1 fully saturated rings. The molecule has 0 saturated carbocycles. The van der Waals surface area contributed by atoms with Gasteiger partial charge in [-0.2, -0.15) is 4.31 Å². The summed E-state index contributed by atoms with van der Waals surface area (Å²) in [4.78, 5) is 25.3. The summed E-state index contributed by atoms with van der Waals surface area (Å²) in [5, 5.41) is 2.77. The van der Waals surface area contributed by atoms with Gasteiger partial charge in [0.2, 0.25) is 10.0 Å². The summed E-state index contributed by atoms with van der Waals surface area (Å²) in [6.45, 7) is 0.966. The third-order valence-electron chi connectivity index (χ3n) is 5.70. The molecular weight excluding hydrogens is 468 g/mol. The first-order valence-corrected chi connectivity index (χ1v) is 12.7. The van der Waals surface area contributed by atoms with Crippen LogP contribution in [0.3, 0.4) is 0 Å². The number of sulfonamides is 1. The standard InChI is InChI=1S/C26H26N2O6S/c1-33-24-11-4-3-10-23(24)25(29)27-20-12-14-21(15-13-20)34-26(30)19-8-7-9-22(18-19)35(31,32)28-16-5-2-6-17-28/h3-4,7-15,18H,2,5-6,16-17H2,1H3,(H,27,29). The molecule has 3 aromatic carbocycles. The van der Waals surface area contributed by atoms with E-state index in [0.717, 1.165) is 19.3 Å². The Balaban J connectivity index is 1.42. The number of rotatable bonds is 7. The monoisotopic (exact) mass is 494 g/mol. The van der Waals surface area contributed by atoms with Gasteiger partial charge in [-0.1, -0.05) is 24.6 Å². The van der Waals surface area contributed by atoms with Gasteiger partial charge in [-0.15, -0.1) is 0 Å². The highest BCUT2D eigenvalue weighted by Gasteiger charge is 2.26. The quantitative estimate of drug-likeness (QED) is 0.387. The first-order valence-electron chi connectivity index (χ1n) is 11.3. The van der Waals surface area contributed by atoms with Crippen LogP contribution in [0.2, 0.25) is 0 Å². The van der Waals surface area contributed by atoms with Gasteiger partial charge in [-0.3, -0.25) is 4.79 Å². The highest BCUT2D eigenvalue weighted by atomic mass is 32.2. The summed E-state index contributed by atoms with van der Waals surface area (Å²) in [6, 6.07) is 19.0. The predicted octanol–water partition coefficient (Wildman–Crippen LogP) is 4.34. The fourth-order valence-electron chi connectivity index (χ4n) is 3.84. The van der Waals surface area contributed by atoms with E-state index in [1.54, 1.807) is 48.5 Å². The minimum absolute atomic E-state index is 0.0725. The van der Waals surface area contributed by atoms with Gasteiger partial charge in [-0.05, 0) is 67.4 Å². The van der Waals surface area contributed by atoms with Crippen molar-refractivity contribution in [1.82, 2.24) is 4.31 Å². The molecule has 1 aliphatic rings. The predicted molar refractivity (Wildman–Crippen MR) is 131 cm³/mol. The molecule has 0 atom stereocenters. The lowest BCUT2D eigenvalue weighted by Gasteiger charge is -2.25. The molecule has 3 aromatic rings. The summed E-state index contributed by atoms with van der Waals surface area (Å²) in [5.74, 6) is -0.292. The van der Waals surface area contributed by atoms with E-state index in [4.69, 9.17) is 9.47 Å². The molecule has 35 heavy (non-hydrogen) atoms. The number of hydrogen-bond donors (Lipinski definition) is 1. The van der Waals surface area contributed by atoms with Gasteiger partial charge < -0.3 is 14.8 Å². The molecule has 8 nitrogen and oxygen atoms in total. The van der Waals surface area contributed by atoms with Gasteiger partial charge >= 0.3 is 5.97 Å². The normalized spacial score (nSPS) is 14.2. The summed E-state index contributed by atoms with van der Waals surface area (Å²) in [6.07, 6.45) is 2.67. The van der Waals surface area contributed by atoms with Crippen LogP contribution in [0.1, 0.15) is 40.0 Å². The van der Waals surface area contributed by atoms with Crippen LogP contribution in [-0.2, 0) is 10.0 Å². The van der Waals surface area contributed by atoms with Crippen molar-refractivity contribution < 1.29 is 27.5 Å². The fourth-order valence-corrected chi connectivity index (χ4v) is 5.40. The number of methoxy groups -OCH3 is 1. The maximum Gasteiger partial charge on any atom is 0.343 e. The minimum atomic E-state index is -3.66. The van der Waals surface area contributed by atoms with Gasteiger partial charge in [-0.25, -0.2) is 13.2 Å². The van der Waals surface area contributed by atoms with Crippen LogP contribution < -0.4 is 14.8 Å². The van der Waals surface area contributed by atoms with Crippen molar-refractivity contribution >= 4 is 27.6 Å². The van der Waals surface area contributed by atoms with Gasteiger partial charge in [0.25, 0.3) is 5.91 Å². The van der Waals surface area contributed by atoms with Gasteiger partial charge in [0.05, 0.1) is 23.1 Å². The maximum absolute atomic E-state index is 12.9. The largest absolute Gasteiger partial charge is 0.496 e.